The summed E-state index contributed by atoms with van der Waals surface area (Å²) in [4.78, 5) is 11.4. The second-order valence-corrected chi connectivity index (χ2v) is 3.76. The maximum atomic E-state index is 11.4. The summed E-state index contributed by atoms with van der Waals surface area (Å²) in [5.41, 5.74) is 2.33. The molecule has 1 rings (SSSR count). The number of rotatable bonds is 4. The number of benzene rings is 1. The monoisotopic (exact) mass is 232 g/mol. The number of hydrogen-bond donors (Lipinski definition) is 1. The van der Waals surface area contributed by atoms with Gasteiger partial charge in [-0.05, 0) is 44.5 Å². The summed E-state index contributed by atoms with van der Waals surface area (Å²) in [6.07, 6.45) is 0. The molecule has 0 aliphatic carbocycles. The van der Waals surface area contributed by atoms with Crippen LogP contribution in [0.5, 0.6) is 0 Å². The van der Waals surface area contributed by atoms with Gasteiger partial charge in [0.15, 0.2) is 0 Å². The largest absolute Gasteiger partial charge is 0.464 e. The zero-order valence-electron chi connectivity index (χ0n) is 10.3. The number of nitrogens with zero attached hydrogens (tertiary/aromatic N) is 1. The molecule has 0 bridgehead atoms. The smallest absolute Gasteiger partial charge is 0.328 e. The van der Waals surface area contributed by atoms with Gasteiger partial charge in [-0.15, -0.1) is 0 Å². The first-order valence-electron chi connectivity index (χ1n) is 5.52. The third-order valence-corrected chi connectivity index (χ3v) is 2.37. The maximum absolute atomic E-state index is 11.4. The van der Waals surface area contributed by atoms with E-state index in [4.69, 9.17) is 10.00 Å². The summed E-state index contributed by atoms with van der Waals surface area (Å²) < 4.78 is 4.90. The molecule has 0 radical (unpaired) electrons. The van der Waals surface area contributed by atoms with E-state index in [1.807, 2.05) is 13.0 Å². The van der Waals surface area contributed by atoms with Crippen LogP contribution in [0.1, 0.15) is 25.0 Å². The van der Waals surface area contributed by atoms with E-state index in [0.29, 0.717) is 12.2 Å². The minimum atomic E-state index is -0.401. The number of carbonyl (C=O) groups is 1. The van der Waals surface area contributed by atoms with Crippen molar-refractivity contribution in [3.8, 4) is 6.07 Å². The number of anilines is 1. The zero-order valence-corrected chi connectivity index (χ0v) is 10.3. The van der Waals surface area contributed by atoms with E-state index in [1.165, 1.54) is 0 Å². The summed E-state index contributed by atoms with van der Waals surface area (Å²) in [5, 5.41) is 11.8. The van der Waals surface area contributed by atoms with Crippen molar-refractivity contribution >= 4 is 11.7 Å². The van der Waals surface area contributed by atoms with Gasteiger partial charge >= 0.3 is 5.97 Å². The normalized spacial score (nSPS) is 11.4. The molecule has 0 heterocycles. The van der Waals surface area contributed by atoms with Gasteiger partial charge in [0.05, 0.1) is 18.2 Å². The van der Waals surface area contributed by atoms with Crippen LogP contribution in [0, 0.1) is 18.3 Å². The van der Waals surface area contributed by atoms with Gasteiger partial charge in [-0.3, -0.25) is 0 Å². The van der Waals surface area contributed by atoms with Crippen molar-refractivity contribution in [2.75, 3.05) is 11.9 Å². The Bertz CT molecular complexity index is 449. The van der Waals surface area contributed by atoms with Crippen molar-refractivity contribution in [2.24, 2.45) is 0 Å². The number of ether oxygens (including phenoxy) is 1. The lowest BCUT2D eigenvalue weighted by Crippen LogP contribution is -2.28. The standard InChI is InChI=1S/C13H16N2O2/c1-4-17-13(16)10(3)15-12-6-5-11(8-14)9(2)7-12/h5-7,10,15H,4H2,1-3H3. The molecule has 4 nitrogen and oxygen atoms in total. The number of nitriles is 1. The van der Waals surface area contributed by atoms with E-state index in [-0.39, 0.29) is 5.97 Å². The average Bonchev–Trinajstić information content (AvgIpc) is 2.29. The number of esters is 1. The Labute approximate surface area is 101 Å². The van der Waals surface area contributed by atoms with Gasteiger partial charge in [-0.2, -0.15) is 5.26 Å². The molecule has 0 fully saturated rings. The highest BCUT2D eigenvalue weighted by atomic mass is 16.5. The number of aryl methyl sites for hydroxylation is 1. The lowest BCUT2D eigenvalue weighted by Gasteiger charge is -2.14. The quantitative estimate of drug-likeness (QED) is 0.808. The van der Waals surface area contributed by atoms with E-state index >= 15 is 0 Å². The van der Waals surface area contributed by atoms with E-state index in [2.05, 4.69) is 11.4 Å². The molecular formula is C13H16N2O2. The fourth-order valence-electron chi connectivity index (χ4n) is 1.46. The Balaban J connectivity index is 2.73. The highest BCUT2D eigenvalue weighted by molar-refractivity contribution is 5.78. The molecule has 90 valence electrons. The van der Waals surface area contributed by atoms with E-state index in [0.717, 1.165) is 11.3 Å². The first kappa shape index (κ1) is 13.0. The molecular weight excluding hydrogens is 216 g/mol. The predicted octanol–water partition coefficient (Wildman–Crippen LogP) is 2.23. The van der Waals surface area contributed by atoms with Gasteiger partial charge in [0.1, 0.15) is 6.04 Å². The molecule has 0 aromatic heterocycles. The highest BCUT2D eigenvalue weighted by Gasteiger charge is 2.13. The van der Waals surface area contributed by atoms with Crippen molar-refractivity contribution < 1.29 is 9.53 Å². The molecule has 1 aromatic rings. The van der Waals surface area contributed by atoms with E-state index in [9.17, 15) is 4.79 Å². The third-order valence-electron chi connectivity index (χ3n) is 2.37. The van der Waals surface area contributed by atoms with Crippen LogP contribution in [0.4, 0.5) is 5.69 Å². The lowest BCUT2D eigenvalue weighted by molar-refractivity contribution is -0.143. The van der Waals surface area contributed by atoms with Crippen molar-refractivity contribution in [2.45, 2.75) is 26.8 Å². The molecule has 4 heteroatoms. The number of nitrogens with one attached hydrogen (secondary N) is 1. The minimum absolute atomic E-state index is 0.283. The van der Waals surface area contributed by atoms with Gasteiger partial charge in [-0.1, -0.05) is 0 Å². The Morgan fingerprint density at radius 3 is 2.82 bits per heavy atom. The van der Waals surface area contributed by atoms with Gasteiger partial charge in [-0.25, -0.2) is 4.79 Å². The predicted molar refractivity (Wildman–Crippen MR) is 65.6 cm³/mol. The van der Waals surface area contributed by atoms with Gasteiger partial charge < -0.3 is 10.1 Å². The zero-order chi connectivity index (χ0) is 12.8. The average molecular weight is 232 g/mol. The highest BCUT2D eigenvalue weighted by Crippen LogP contribution is 2.15. The van der Waals surface area contributed by atoms with Crippen molar-refractivity contribution in [1.29, 1.82) is 5.26 Å². The molecule has 0 aliphatic heterocycles. The SMILES string of the molecule is CCOC(=O)C(C)Nc1ccc(C#N)c(C)c1. The Kier molecular flexibility index (Phi) is 4.53. The first-order chi connectivity index (χ1) is 8.08. The third kappa shape index (κ3) is 3.49. The summed E-state index contributed by atoms with van der Waals surface area (Å²) >= 11 is 0. The minimum Gasteiger partial charge on any atom is -0.464 e. The van der Waals surface area contributed by atoms with Crippen molar-refractivity contribution in [3.05, 3.63) is 29.3 Å². The van der Waals surface area contributed by atoms with Crippen LogP contribution in [0.25, 0.3) is 0 Å². The van der Waals surface area contributed by atoms with Crippen LogP contribution in [0.15, 0.2) is 18.2 Å². The van der Waals surface area contributed by atoms with Crippen molar-refractivity contribution in [1.82, 2.24) is 0 Å². The molecule has 1 atom stereocenters. The Morgan fingerprint density at radius 2 is 2.29 bits per heavy atom. The Morgan fingerprint density at radius 1 is 1.59 bits per heavy atom. The molecule has 0 saturated heterocycles. The summed E-state index contributed by atoms with van der Waals surface area (Å²) in [6.45, 7) is 5.75. The molecule has 17 heavy (non-hydrogen) atoms. The molecule has 0 aliphatic rings. The molecule has 0 amide bonds. The summed E-state index contributed by atoms with van der Waals surface area (Å²) in [5.74, 6) is -0.283. The molecule has 0 spiro atoms. The van der Waals surface area contributed by atoms with Crippen LogP contribution < -0.4 is 5.32 Å². The lowest BCUT2D eigenvalue weighted by atomic mass is 10.1. The van der Waals surface area contributed by atoms with E-state index < -0.39 is 6.04 Å². The topological polar surface area (TPSA) is 62.1 Å². The van der Waals surface area contributed by atoms with Gasteiger partial charge in [0, 0.05) is 5.69 Å². The molecule has 1 N–H and O–H groups in total. The maximum Gasteiger partial charge on any atom is 0.328 e. The van der Waals surface area contributed by atoms with Crippen molar-refractivity contribution in [3.63, 3.8) is 0 Å². The van der Waals surface area contributed by atoms with Crippen LogP contribution in [-0.4, -0.2) is 18.6 Å². The molecule has 1 unspecified atom stereocenters. The summed E-state index contributed by atoms with van der Waals surface area (Å²) in [6, 6.07) is 7.05. The van der Waals surface area contributed by atoms with Crippen LogP contribution in [0.2, 0.25) is 0 Å². The second kappa shape index (κ2) is 5.90. The van der Waals surface area contributed by atoms with Crippen LogP contribution in [-0.2, 0) is 9.53 Å². The summed E-state index contributed by atoms with van der Waals surface area (Å²) in [7, 11) is 0. The fourth-order valence-corrected chi connectivity index (χ4v) is 1.46. The van der Waals surface area contributed by atoms with Gasteiger partial charge in [0.25, 0.3) is 0 Å². The van der Waals surface area contributed by atoms with E-state index in [1.54, 1.807) is 26.0 Å². The second-order valence-electron chi connectivity index (χ2n) is 3.76. The molecule has 0 saturated carbocycles. The molecule has 1 aromatic carbocycles. The number of carbonyl (C=O) groups excluding carboxylic acids is 1. The van der Waals surface area contributed by atoms with Gasteiger partial charge in [0.2, 0.25) is 0 Å². The number of hydrogen-bond acceptors (Lipinski definition) is 4. The van der Waals surface area contributed by atoms with Crippen LogP contribution >= 0.6 is 0 Å². The van der Waals surface area contributed by atoms with Crippen LogP contribution in [0.3, 0.4) is 0 Å². The fraction of sp³-hybridized carbons (Fsp3) is 0.385. The first-order valence-corrected chi connectivity index (χ1v) is 5.52. The Hall–Kier alpha value is -2.02.